The number of aryl methyl sites for hydroxylation is 1. The van der Waals surface area contributed by atoms with Crippen molar-refractivity contribution < 1.29 is 4.79 Å². The fraction of sp³-hybridized carbons (Fsp3) is 0.294. The molecule has 0 unspecified atom stereocenters. The van der Waals surface area contributed by atoms with E-state index >= 15 is 0 Å². The Bertz CT molecular complexity index is 1110. The first kappa shape index (κ1) is 18.5. The molecule has 7 nitrogen and oxygen atoms in total. The summed E-state index contributed by atoms with van der Waals surface area (Å²) < 4.78 is 3.92. The number of aromatic nitrogens is 4. The Hall–Kier alpha value is -2.26. The lowest BCUT2D eigenvalue weighted by Gasteiger charge is -2.15. The van der Waals surface area contributed by atoms with Gasteiger partial charge in [-0.25, -0.2) is 0 Å². The molecule has 1 aromatic carbocycles. The molecule has 136 valence electrons. The number of rotatable bonds is 4. The van der Waals surface area contributed by atoms with Gasteiger partial charge in [0.25, 0.3) is 5.56 Å². The van der Waals surface area contributed by atoms with E-state index < -0.39 is 5.92 Å². The van der Waals surface area contributed by atoms with Crippen LogP contribution in [0.2, 0.25) is 0 Å². The largest absolute Gasteiger partial charge is 0.330 e. The van der Waals surface area contributed by atoms with Crippen molar-refractivity contribution in [2.75, 3.05) is 5.43 Å². The van der Waals surface area contributed by atoms with Crippen LogP contribution in [-0.4, -0.2) is 25.3 Å². The van der Waals surface area contributed by atoms with E-state index in [9.17, 15) is 9.59 Å². The quantitative estimate of drug-likeness (QED) is 0.616. The summed E-state index contributed by atoms with van der Waals surface area (Å²) in [5.41, 5.74) is 4.69. The average molecular weight is 436 g/mol. The molecular formula is C17H18BrN5O2S. The summed E-state index contributed by atoms with van der Waals surface area (Å²) in [5.74, 6) is -0.724. The highest BCUT2D eigenvalue weighted by molar-refractivity contribution is 9.10. The molecule has 0 aliphatic carbocycles. The number of nitrogens with one attached hydrogen (secondary N) is 2. The molecule has 2 heterocycles. The first-order valence-electron chi connectivity index (χ1n) is 8.04. The number of para-hydroxylation sites is 1. The molecule has 1 atom stereocenters. The summed E-state index contributed by atoms with van der Waals surface area (Å²) in [4.78, 5) is 28.1. The number of hydrogen-bond acceptors (Lipinski definition) is 4. The van der Waals surface area contributed by atoms with Crippen LogP contribution in [0.3, 0.4) is 0 Å². The van der Waals surface area contributed by atoms with Crippen molar-refractivity contribution in [1.82, 2.24) is 19.4 Å². The molecular weight excluding hydrogens is 418 g/mol. The molecule has 0 radical (unpaired) electrons. The lowest BCUT2D eigenvalue weighted by molar-refractivity contribution is -0.120. The van der Waals surface area contributed by atoms with Gasteiger partial charge >= 0.3 is 0 Å². The van der Waals surface area contributed by atoms with Crippen LogP contribution in [0.25, 0.3) is 10.9 Å². The minimum atomic E-state index is -0.410. The molecule has 0 saturated carbocycles. The number of nitrogens with zero attached hydrogens (tertiary/aromatic N) is 3. The van der Waals surface area contributed by atoms with E-state index in [2.05, 4.69) is 31.4 Å². The minimum Gasteiger partial charge on any atom is -0.330 e. The standard InChI is InChI=1S/C17H18BrN5O2S/c1-9(8-22-11(3)14(18)10(2)20-22)15(24)21-23-16(25)12-6-4-5-7-13(12)19-17(23)26/h4-7,9H,8H2,1-3H3,(H,19,26)(H,21,24)/t9-/m0/s1. The van der Waals surface area contributed by atoms with Gasteiger partial charge in [0.1, 0.15) is 0 Å². The zero-order valence-corrected chi connectivity index (χ0v) is 16.9. The summed E-state index contributed by atoms with van der Waals surface area (Å²) in [6.45, 7) is 5.99. The van der Waals surface area contributed by atoms with Crippen LogP contribution in [0, 0.1) is 24.5 Å². The van der Waals surface area contributed by atoms with Gasteiger partial charge in [-0.1, -0.05) is 19.1 Å². The third-order valence-electron chi connectivity index (χ3n) is 4.21. The van der Waals surface area contributed by atoms with E-state index in [-0.39, 0.29) is 16.2 Å². The van der Waals surface area contributed by atoms with Crippen LogP contribution in [0.4, 0.5) is 0 Å². The lowest BCUT2D eigenvalue weighted by atomic mass is 10.1. The molecule has 0 bridgehead atoms. The van der Waals surface area contributed by atoms with Crippen molar-refractivity contribution in [3.63, 3.8) is 0 Å². The maximum atomic E-state index is 12.6. The first-order chi connectivity index (χ1) is 12.3. The van der Waals surface area contributed by atoms with E-state index in [4.69, 9.17) is 12.2 Å². The van der Waals surface area contributed by atoms with E-state index in [1.165, 1.54) is 0 Å². The second-order valence-corrected chi connectivity index (χ2v) is 7.34. The third-order valence-corrected chi connectivity index (χ3v) is 5.65. The molecule has 3 aromatic rings. The Morgan fingerprint density at radius 1 is 1.38 bits per heavy atom. The molecule has 2 N–H and O–H groups in total. The Morgan fingerprint density at radius 3 is 2.73 bits per heavy atom. The molecule has 3 rings (SSSR count). The number of halogens is 1. The number of benzene rings is 1. The summed E-state index contributed by atoms with van der Waals surface area (Å²) in [7, 11) is 0. The van der Waals surface area contributed by atoms with Gasteiger partial charge in [-0.05, 0) is 54.1 Å². The smallest absolute Gasteiger partial charge is 0.281 e. The predicted molar refractivity (Wildman–Crippen MR) is 106 cm³/mol. The van der Waals surface area contributed by atoms with Crippen LogP contribution in [0.5, 0.6) is 0 Å². The molecule has 9 heteroatoms. The van der Waals surface area contributed by atoms with Crippen LogP contribution in [0.1, 0.15) is 18.3 Å². The zero-order chi connectivity index (χ0) is 19.0. The van der Waals surface area contributed by atoms with Crippen LogP contribution < -0.4 is 11.0 Å². The number of aromatic amines is 1. The Balaban J connectivity index is 1.85. The molecule has 0 aliphatic rings. The van der Waals surface area contributed by atoms with E-state index in [0.717, 1.165) is 20.5 Å². The van der Waals surface area contributed by atoms with Gasteiger partial charge in [-0.15, -0.1) is 0 Å². The Labute approximate surface area is 163 Å². The normalized spacial score (nSPS) is 12.3. The van der Waals surface area contributed by atoms with Gasteiger partial charge < -0.3 is 4.98 Å². The van der Waals surface area contributed by atoms with Crippen LogP contribution >= 0.6 is 28.1 Å². The monoisotopic (exact) mass is 435 g/mol. The van der Waals surface area contributed by atoms with E-state index in [1.54, 1.807) is 29.8 Å². The molecule has 26 heavy (non-hydrogen) atoms. The molecule has 0 aliphatic heterocycles. The van der Waals surface area contributed by atoms with Crippen molar-refractivity contribution in [3.8, 4) is 0 Å². The summed E-state index contributed by atoms with van der Waals surface area (Å²) >= 11 is 8.69. The summed E-state index contributed by atoms with van der Waals surface area (Å²) in [6, 6.07) is 7.02. The van der Waals surface area contributed by atoms with E-state index in [0.29, 0.717) is 17.4 Å². The molecule has 2 aromatic heterocycles. The van der Waals surface area contributed by atoms with Crippen molar-refractivity contribution in [1.29, 1.82) is 0 Å². The van der Waals surface area contributed by atoms with Crippen molar-refractivity contribution >= 4 is 45.0 Å². The second-order valence-electron chi connectivity index (χ2n) is 6.16. The van der Waals surface area contributed by atoms with Gasteiger partial charge in [0, 0.05) is 5.69 Å². The molecule has 0 saturated heterocycles. The number of hydrogen-bond donors (Lipinski definition) is 2. The molecule has 0 spiro atoms. The average Bonchev–Trinajstić information content (AvgIpc) is 2.85. The van der Waals surface area contributed by atoms with Gasteiger partial charge in [0.15, 0.2) is 4.77 Å². The highest BCUT2D eigenvalue weighted by Gasteiger charge is 2.18. The number of H-pyrrole nitrogens is 1. The van der Waals surface area contributed by atoms with Crippen molar-refractivity contribution in [3.05, 3.63) is 55.3 Å². The van der Waals surface area contributed by atoms with Gasteiger partial charge in [0.2, 0.25) is 5.91 Å². The Morgan fingerprint density at radius 2 is 2.08 bits per heavy atom. The van der Waals surface area contributed by atoms with Crippen molar-refractivity contribution in [2.24, 2.45) is 5.92 Å². The van der Waals surface area contributed by atoms with Crippen molar-refractivity contribution in [2.45, 2.75) is 27.3 Å². The maximum absolute atomic E-state index is 12.6. The second kappa shape index (κ2) is 7.16. The topological polar surface area (TPSA) is 84.7 Å². The summed E-state index contributed by atoms with van der Waals surface area (Å²) in [5, 5.41) is 4.86. The third kappa shape index (κ3) is 3.36. The number of amides is 1. The van der Waals surface area contributed by atoms with Gasteiger partial charge in [0.05, 0.1) is 33.5 Å². The minimum absolute atomic E-state index is 0.142. The fourth-order valence-electron chi connectivity index (χ4n) is 2.68. The molecule has 0 fully saturated rings. The number of fused-ring (bicyclic) bond motifs is 1. The van der Waals surface area contributed by atoms with Crippen LogP contribution in [0.15, 0.2) is 33.5 Å². The highest BCUT2D eigenvalue weighted by atomic mass is 79.9. The highest BCUT2D eigenvalue weighted by Crippen LogP contribution is 2.20. The predicted octanol–water partition coefficient (Wildman–Crippen LogP) is 3.04. The Kier molecular flexibility index (Phi) is 5.10. The fourth-order valence-corrected chi connectivity index (χ4v) is 3.20. The lowest BCUT2D eigenvalue weighted by Crippen LogP contribution is -2.38. The zero-order valence-electron chi connectivity index (χ0n) is 14.5. The number of carbonyl (C=O) groups is 1. The van der Waals surface area contributed by atoms with E-state index in [1.807, 2.05) is 19.9 Å². The summed E-state index contributed by atoms with van der Waals surface area (Å²) in [6.07, 6.45) is 0. The maximum Gasteiger partial charge on any atom is 0.281 e. The van der Waals surface area contributed by atoms with Gasteiger partial charge in [-0.2, -0.15) is 9.77 Å². The SMILES string of the molecule is Cc1nn(C[C@H](C)C(=O)Nn2c(=S)[nH]c3ccccc3c2=O)c(C)c1Br. The first-order valence-corrected chi connectivity index (χ1v) is 9.24. The number of carbonyl (C=O) groups excluding carboxylic acids is 1. The van der Waals surface area contributed by atoms with Gasteiger partial charge in [-0.3, -0.25) is 19.7 Å². The molecule has 1 amide bonds. The van der Waals surface area contributed by atoms with Crippen LogP contribution in [-0.2, 0) is 11.3 Å².